The number of fused-ring (bicyclic) bond motifs is 1. The average Bonchev–Trinajstić information content (AvgIpc) is 2.97. The van der Waals surface area contributed by atoms with Crippen molar-refractivity contribution in [2.45, 2.75) is 20.8 Å². The molecule has 0 spiro atoms. The maximum absolute atomic E-state index is 12.4. The fourth-order valence-corrected chi connectivity index (χ4v) is 2.79. The quantitative estimate of drug-likeness (QED) is 0.598. The van der Waals surface area contributed by atoms with E-state index in [0.717, 1.165) is 11.1 Å². The molecular formula is C21H20O5. The monoisotopic (exact) mass is 352 g/mol. The standard InChI is InChI=1S/C21H20O5/c1-12(2)21-20(23)19-13(3)9-16(10-18(19)26-21)25-11-17(22)14-5-7-15(24-4)8-6-14/h5-10H,11H2,1-4H3. The molecule has 26 heavy (non-hydrogen) atoms. The van der Waals surface area contributed by atoms with E-state index in [1.807, 2.05) is 20.8 Å². The molecular weight excluding hydrogens is 332 g/mol. The number of allylic oxidation sites excluding steroid dienone is 2. The molecule has 2 aromatic rings. The first-order valence-corrected chi connectivity index (χ1v) is 8.25. The van der Waals surface area contributed by atoms with Crippen molar-refractivity contribution in [3.8, 4) is 17.2 Å². The van der Waals surface area contributed by atoms with E-state index in [2.05, 4.69) is 0 Å². The van der Waals surface area contributed by atoms with Crippen molar-refractivity contribution in [1.29, 1.82) is 0 Å². The van der Waals surface area contributed by atoms with E-state index in [9.17, 15) is 9.59 Å². The Morgan fingerprint density at radius 1 is 1.08 bits per heavy atom. The van der Waals surface area contributed by atoms with Crippen LogP contribution >= 0.6 is 0 Å². The number of ether oxygens (including phenoxy) is 3. The van der Waals surface area contributed by atoms with Crippen LogP contribution < -0.4 is 14.2 Å². The summed E-state index contributed by atoms with van der Waals surface area (Å²) in [4.78, 5) is 24.7. The Labute approximate surface area is 152 Å². The van der Waals surface area contributed by atoms with E-state index in [1.165, 1.54) is 0 Å². The van der Waals surface area contributed by atoms with Crippen molar-refractivity contribution in [2.75, 3.05) is 13.7 Å². The predicted molar refractivity (Wildman–Crippen MR) is 97.3 cm³/mol. The van der Waals surface area contributed by atoms with E-state index >= 15 is 0 Å². The van der Waals surface area contributed by atoms with Crippen molar-refractivity contribution in [3.63, 3.8) is 0 Å². The smallest absolute Gasteiger partial charge is 0.232 e. The van der Waals surface area contributed by atoms with Gasteiger partial charge in [0.15, 0.2) is 18.1 Å². The van der Waals surface area contributed by atoms with Crippen LogP contribution in [0, 0.1) is 6.92 Å². The molecule has 3 rings (SSSR count). The highest BCUT2D eigenvalue weighted by atomic mass is 16.5. The van der Waals surface area contributed by atoms with Crippen molar-refractivity contribution in [2.24, 2.45) is 0 Å². The van der Waals surface area contributed by atoms with Gasteiger partial charge in [-0.2, -0.15) is 0 Å². The third kappa shape index (κ3) is 3.33. The molecule has 0 radical (unpaired) electrons. The summed E-state index contributed by atoms with van der Waals surface area (Å²) in [5, 5.41) is 0. The molecule has 1 heterocycles. The highest BCUT2D eigenvalue weighted by molar-refractivity contribution is 6.13. The van der Waals surface area contributed by atoms with Gasteiger partial charge < -0.3 is 14.2 Å². The van der Waals surface area contributed by atoms with E-state index in [4.69, 9.17) is 14.2 Å². The molecule has 2 aromatic carbocycles. The van der Waals surface area contributed by atoms with Gasteiger partial charge in [-0.15, -0.1) is 0 Å². The Bertz CT molecular complexity index is 903. The number of rotatable bonds is 5. The fourth-order valence-electron chi connectivity index (χ4n) is 2.79. The van der Waals surface area contributed by atoms with Gasteiger partial charge in [-0.05, 0) is 62.2 Å². The molecule has 5 heteroatoms. The zero-order valence-corrected chi connectivity index (χ0v) is 15.2. The first-order valence-electron chi connectivity index (χ1n) is 8.25. The summed E-state index contributed by atoms with van der Waals surface area (Å²) in [5.74, 6) is 1.75. The van der Waals surface area contributed by atoms with Crippen LogP contribution in [0.2, 0.25) is 0 Å². The fraction of sp³-hybridized carbons (Fsp3) is 0.238. The lowest BCUT2D eigenvalue weighted by atomic mass is 10.0. The predicted octanol–water partition coefficient (Wildman–Crippen LogP) is 4.13. The number of methoxy groups -OCH3 is 1. The molecule has 0 bridgehead atoms. The Morgan fingerprint density at radius 2 is 1.77 bits per heavy atom. The lowest BCUT2D eigenvalue weighted by Gasteiger charge is -2.09. The minimum absolute atomic E-state index is 0.103. The summed E-state index contributed by atoms with van der Waals surface area (Å²) in [6.07, 6.45) is 0. The molecule has 0 saturated heterocycles. The third-order valence-corrected chi connectivity index (χ3v) is 4.15. The molecule has 1 aliphatic rings. The molecule has 0 N–H and O–H groups in total. The number of carbonyl (C=O) groups excluding carboxylic acids is 2. The van der Waals surface area contributed by atoms with Gasteiger partial charge in [-0.1, -0.05) is 0 Å². The molecule has 0 saturated carbocycles. The maximum atomic E-state index is 12.4. The first-order chi connectivity index (χ1) is 12.4. The zero-order chi connectivity index (χ0) is 18.8. The van der Waals surface area contributed by atoms with Crippen LogP contribution in [0.25, 0.3) is 0 Å². The molecule has 134 valence electrons. The largest absolute Gasteiger partial charge is 0.497 e. The highest BCUT2D eigenvalue weighted by Gasteiger charge is 2.30. The van der Waals surface area contributed by atoms with Crippen LogP contribution in [-0.2, 0) is 0 Å². The molecule has 5 nitrogen and oxygen atoms in total. The van der Waals surface area contributed by atoms with Gasteiger partial charge in [0.25, 0.3) is 0 Å². The van der Waals surface area contributed by atoms with Gasteiger partial charge in [-0.25, -0.2) is 0 Å². The van der Waals surface area contributed by atoms with Gasteiger partial charge >= 0.3 is 0 Å². The number of hydrogen-bond acceptors (Lipinski definition) is 5. The van der Waals surface area contributed by atoms with Gasteiger partial charge in [0.1, 0.15) is 17.2 Å². The Kier molecular flexibility index (Phi) is 4.80. The van der Waals surface area contributed by atoms with Crippen LogP contribution in [0.4, 0.5) is 0 Å². The maximum Gasteiger partial charge on any atom is 0.232 e. The van der Waals surface area contributed by atoms with E-state index in [1.54, 1.807) is 43.5 Å². The van der Waals surface area contributed by atoms with Crippen LogP contribution in [0.3, 0.4) is 0 Å². The summed E-state index contributed by atoms with van der Waals surface area (Å²) in [6, 6.07) is 10.2. The number of carbonyl (C=O) groups is 2. The minimum atomic E-state index is -0.146. The first kappa shape index (κ1) is 17.7. The molecule has 0 fully saturated rings. The summed E-state index contributed by atoms with van der Waals surface area (Å²) in [5.41, 5.74) is 2.68. The van der Waals surface area contributed by atoms with Crippen molar-refractivity contribution in [3.05, 3.63) is 64.4 Å². The van der Waals surface area contributed by atoms with Crippen molar-refractivity contribution >= 4 is 11.6 Å². The Morgan fingerprint density at radius 3 is 2.38 bits per heavy atom. The lowest BCUT2D eigenvalue weighted by Crippen LogP contribution is -2.11. The van der Waals surface area contributed by atoms with Gasteiger partial charge in [0.2, 0.25) is 5.78 Å². The van der Waals surface area contributed by atoms with Crippen LogP contribution in [-0.4, -0.2) is 25.3 Å². The summed E-state index contributed by atoms with van der Waals surface area (Å²) in [7, 11) is 1.57. The number of ketones is 2. The van der Waals surface area contributed by atoms with Crippen molar-refractivity contribution < 1.29 is 23.8 Å². The minimum Gasteiger partial charge on any atom is -0.497 e. The SMILES string of the molecule is COc1ccc(C(=O)COc2cc(C)c3c(c2)OC(=C(C)C)C3=O)cc1. The second-order valence-corrected chi connectivity index (χ2v) is 6.31. The molecule has 0 aromatic heterocycles. The van der Waals surface area contributed by atoms with E-state index < -0.39 is 0 Å². The molecule has 0 aliphatic carbocycles. The summed E-state index contributed by atoms with van der Waals surface area (Å²) >= 11 is 0. The van der Waals surface area contributed by atoms with Gasteiger partial charge in [0.05, 0.1) is 12.7 Å². The van der Waals surface area contributed by atoms with E-state index in [-0.39, 0.29) is 18.2 Å². The average molecular weight is 352 g/mol. The third-order valence-electron chi connectivity index (χ3n) is 4.15. The van der Waals surface area contributed by atoms with Crippen molar-refractivity contribution in [1.82, 2.24) is 0 Å². The normalized spacial score (nSPS) is 12.5. The molecule has 0 amide bonds. The summed E-state index contributed by atoms with van der Waals surface area (Å²) < 4.78 is 16.4. The number of benzene rings is 2. The van der Waals surface area contributed by atoms with Gasteiger partial charge in [0, 0.05) is 11.6 Å². The number of hydrogen-bond donors (Lipinski definition) is 0. The second kappa shape index (κ2) is 7.04. The number of aryl methyl sites for hydroxylation is 1. The topological polar surface area (TPSA) is 61.8 Å². The van der Waals surface area contributed by atoms with E-state index in [0.29, 0.717) is 34.1 Å². The van der Waals surface area contributed by atoms with Crippen LogP contribution in [0.15, 0.2) is 47.7 Å². The second-order valence-electron chi connectivity index (χ2n) is 6.31. The Hall–Kier alpha value is -3.08. The molecule has 0 unspecified atom stereocenters. The van der Waals surface area contributed by atoms with Crippen LogP contribution in [0.1, 0.15) is 40.1 Å². The highest BCUT2D eigenvalue weighted by Crippen LogP contribution is 2.37. The summed E-state index contributed by atoms with van der Waals surface area (Å²) in [6.45, 7) is 5.39. The molecule has 1 aliphatic heterocycles. The Balaban J connectivity index is 1.75. The van der Waals surface area contributed by atoms with Crippen LogP contribution in [0.5, 0.6) is 17.2 Å². The lowest BCUT2D eigenvalue weighted by molar-refractivity contribution is 0.0920. The molecule has 0 atom stereocenters. The number of Topliss-reactive ketones (excluding diaryl/α,β-unsaturated/α-hetero) is 2. The van der Waals surface area contributed by atoms with Gasteiger partial charge in [-0.3, -0.25) is 9.59 Å². The zero-order valence-electron chi connectivity index (χ0n) is 15.2.